The molecule has 2 aromatic rings. The summed E-state index contributed by atoms with van der Waals surface area (Å²) in [6.45, 7) is 0. The van der Waals surface area contributed by atoms with Gasteiger partial charge in [-0.25, -0.2) is 4.98 Å². The summed E-state index contributed by atoms with van der Waals surface area (Å²) in [4.78, 5) is 15.3. The maximum Gasteiger partial charge on any atom is 0.257 e. The van der Waals surface area contributed by atoms with Crippen molar-refractivity contribution in [1.82, 2.24) is 4.98 Å². The molecule has 0 atom stereocenters. The molecule has 0 saturated heterocycles. The van der Waals surface area contributed by atoms with Crippen LogP contribution in [0.25, 0.3) is 10.9 Å². The first-order valence-corrected chi connectivity index (χ1v) is 5.70. The van der Waals surface area contributed by atoms with Gasteiger partial charge in [0, 0.05) is 5.39 Å². The first-order valence-electron chi connectivity index (χ1n) is 4.57. The summed E-state index contributed by atoms with van der Waals surface area (Å²) in [7, 11) is 1.53. The maximum absolute atomic E-state index is 11.2. The lowest BCUT2D eigenvalue weighted by Gasteiger charge is -2.07. The number of pyridine rings is 1. The number of aromatic nitrogens is 1. The van der Waals surface area contributed by atoms with Gasteiger partial charge in [0.05, 0.1) is 23.2 Å². The molecule has 1 aromatic carbocycles. The Morgan fingerprint density at radius 2 is 2.06 bits per heavy atom. The monoisotopic (exact) mass is 289 g/mol. The highest BCUT2D eigenvalue weighted by molar-refractivity contribution is 6.70. The number of carbonyl (C=O) groups is 1. The van der Waals surface area contributed by atoms with Crippen molar-refractivity contribution in [3.05, 3.63) is 33.9 Å². The Balaban J connectivity index is 2.83. The molecule has 0 aliphatic heterocycles. The molecule has 0 aliphatic carbocycles. The minimum absolute atomic E-state index is 0.00679. The van der Waals surface area contributed by atoms with E-state index >= 15 is 0 Å². The van der Waals surface area contributed by atoms with E-state index < -0.39 is 5.24 Å². The summed E-state index contributed by atoms with van der Waals surface area (Å²) in [5.74, 6) is 0.608. The molecule has 0 aliphatic rings. The number of methoxy groups -OCH3 is 1. The van der Waals surface area contributed by atoms with Gasteiger partial charge in [0.2, 0.25) is 0 Å². The Morgan fingerprint density at radius 3 is 2.65 bits per heavy atom. The largest absolute Gasteiger partial charge is 0.497 e. The van der Waals surface area contributed by atoms with E-state index in [2.05, 4.69) is 4.98 Å². The Morgan fingerprint density at radius 1 is 1.35 bits per heavy atom. The number of fused-ring (bicyclic) bond motifs is 1. The second kappa shape index (κ2) is 4.69. The van der Waals surface area contributed by atoms with Gasteiger partial charge in [0.25, 0.3) is 5.24 Å². The van der Waals surface area contributed by atoms with E-state index in [1.165, 1.54) is 7.11 Å². The van der Waals surface area contributed by atoms with Crippen molar-refractivity contribution in [3.8, 4) is 5.75 Å². The predicted octanol–water partition coefficient (Wildman–Crippen LogP) is 3.93. The molecule has 0 N–H and O–H groups in total. The van der Waals surface area contributed by atoms with Gasteiger partial charge >= 0.3 is 0 Å². The molecule has 0 unspecified atom stereocenters. The van der Waals surface area contributed by atoms with Crippen LogP contribution in [0.15, 0.2) is 18.2 Å². The highest BCUT2D eigenvalue weighted by Gasteiger charge is 2.17. The average molecular weight is 291 g/mol. The lowest BCUT2D eigenvalue weighted by Crippen LogP contribution is -1.96. The van der Waals surface area contributed by atoms with Crippen LogP contribution < -0.4 is 4.74 Å². The number of rotatable bonds is 2. The van der Waals surface area contributed by atoms with E-state index in [1.54, 1.807) is 18.2 Å². The molecule has 2 rings (SSSR count). The third kappa shape index (κ3) is 2.18. The van der Waals surface area contributed by atoms with Crippen LogP contribution in [0, 0.1) is 0 Å². The lowest BCUT2D eigenvalue weighted by atomic mass is 10.1. The van der Waals surface area contributed by atoms with Crippen molar-refractivity contribution >= 4 is 50.9 Å². The van der Waals surface area contributed by atoms with Crippen LogP contribution in [0.5, 0.6) is 5.75 Å². The number of halogens is 3. The fraction of sp³-hybridized carbons (Fsp3) is 0.0909. The van der Waals surface area contributed by atoms with Crippen molar-refractivity contribution in [1.29, 1.82) is 0 Å². The molecular weight excluding hydrogens is 284 g/mol. The quantitative estimate of drug-likeness (QED) is 0.621. The molecule has 17 heavy (non-hydrogen) atoms. The highest BCUT2D eigenvalue weighted by atomic mass is 35.5. The van der Waals surface area contributed by atoms with Crippen LogP contribution in [0.3, 0.4) is 0 Å². The van der Waals surface area contributed by atoms with E-state index in [4.69, 9.17) is 39.5 Å². The summed E-state index contributed by atoms with van der Waals surface area (Å²) in [5, 5.41) is 0.00297. The summed E-state index contributed by atoms with van der Waals surface area (Å²) in [6, 6.07) is 5.10. The van der Waals surface area contributed by atoms with E-state index in [0.29, 0.717) is 16.7 Å². The van der Waals surface area contributed by atoms with Crippen LogP contribution in [-0.4, -0.2) is 17.3 Å². The SMILES string of the molecule is COc1ccc2nc(Cl)c(C(=O)Cl)c(Cl)c2c1. The number of carbonyl (C=O) groups excluding carboxylic acids is 1. The highest BCUT2D eigenvalue weighted by Crippen LogP contribution is 2.33. The minimum Gasteiger partial charge on any atom is -0.497 e. The van der Waals surface area contributed by atoms with Crippen LogP contribution in [0.4, 0.5) is 0 Å². The first kappa shape index (κ1) is 12.4. The topological polar surface area (TPSA) is 39.2 Å². The normalized spacial score (nSPS) is 10.6. The molecule has 0 fully saturated rings. The zero-order chi connectivity index (χ0) is 12.6. The fourth-order valence-corrected chi connectivity index (χ4v) is 2.40. The summed E-state index contributed by atoms with van der Waals surface area (Å²) >= 11 is 17.3. The number of nitrogens with zero attached hydrogens (tertiary/aromatic N) is 1. The van der Waals surface area contributed by atoms with Crippen molar-refractivity contribution in [2.24, 2.45) is 0 Å². The van der Waals surface area contributed by atoms with Crippen LogP contribution in [-0.2, 0) is 0 Å². The van der Waals surface area contributed by atoms with Crippen molar-refractivity contribution < 1.29 is 9.53 Å². The van der Waals surface area contributed by atoms with E-state index in [-0.39, 0.29) is 15.7 Å². The molecule has 3 nitrogen and oxygen atoms in total. The zero-order valence-electron chi connectivity index (χ0n) is 8.63. The van der Waals surface area contributed by atoms with Gasteiger partial charge in [-0.15, -0.1) is 0 Å². The van der Waals surface area contributed by atoms with Crippen LogP contribution in [0.2, 0.25) is 10.2 Å². The third-order valence-corrected chi connectivity index (χ3v) is 3.14. The van der Waals surface area contributed by atoms with Crippen molar-refractivity contribution in [3.63, 3.8) is 0 Å². The van der Waals surface area contributed by atoms with Gasteiger partial charge in [-0.2, -0.15) is 0 Å². The van der Waals surface area contributed by atoms with Gasteiger partial charge < -0.3 is 4.74 Å². The Kier molecular flexibility index (Phi) is 3.43. The smallest absolute Gasteiger partial charge is 0.257 e. The van der Waals surface area contributed by atoms with Crippen LogP contribution in [0.1, 0.15) is 10.4 Å². The summed E-state index contributed by atoms with van der Waals surface area (Å²) < 4.78 is 5.07. The number of ether oxygens (including phenoxy) is 1. The standard InChI is InChI=1S/C11H6Cl3NO2/c1-17-5-2-3-7-6(4-5)9(12)8(11(14)16)10(13)15-7/h2-4H,1H3. The molecule has 0 saturated carbocycles. The molecule has 0 amide bonds. The molecule has 0 spiro atoms. The molecule has 1 heterocycles. The van der Waals surface area contributed by atoms with Crippen molar-refractivity contribution in [2.45, 2.75) is 0 Å². The summed E-state index contributed by atoms with van der Waals surface area (Å²) in [5.41, 5.74) is 0.582. The minimum atomic E-state index is -0.739. The Bertz CT molecular complexity index is 613. The second-order valence-electron chi connectivity index (χ2n) is 3.25. The van der Waals surface area contributed by atoms with Gasteiger partial charge in [-0.1, -0.05) is 23.2 Å². The van der Waals surface area contributed by atoms with Gasteiger partial charge in [-0.05, 0) is 29.8 Å². The van der Waals surface area contributed by atoms with Gasteiger partial charge in [0.15, 0.2) is 0 Å². The molecule has 1 aromatic heterocycles. The van der Waals surface area contributed by atoms with E-state index in [0.717, 1.165) is 0 Å². The second-order valence-corrected chi connectivity index (χ2v) is 4.33. The molecule has 88 valence electrons. The third-order valence-electron chi connectivity index (χ3n) is 2.28. The van der Waals surface area contributed by atoms with Crippen LogP contribution >= 0.6 is 34.8 Å². The number of hydrogen-bond donors (Lipinski definition) is 0. The van der Waals surface area contributed by atoms with Gasteiger partial charge in [-0.3, -0.25) is 4.79 Å². The molecule has 0 bridgehead atoms. The maximum atomic E-state index is 11.2. The first-order chi connectivity index (χ1) is 8.04. The molecular formula is C11H6Cl3NO2. The van der Waals surface area contributed by atoms with E-state index in [9.17, 15) is 4.79 Å². The number of benzene rings is 1. The zero-order valence-corrected chi connectivity index (χ0v) is 10.9. The lowest BCUT2D eigenvalue weighted by molar-refractivity contribution is 0.108. The van der Waals surface area contributed by atoms with Gasteiger partial charge in [0.1, 0.15) is 10.9 Å². The Hall–Kier alpha value is -1.03. The average Bonchev–Trinajstić information content (AvgIpc) is 2.28. The molecule has 6 heteroatoms. The number of hydrogen-bond acceptors (Lipinski definition) is 3. The molecule has 0 radical (unpaired) electrons. The van der Waals surface area contributed by atoms with Crippen molar-refractivity contribution in [2.75, 3.05) is 7.11 Å². The fourth-order valence-electron chi connectivity index (χ4n) is 1.47. The Labute approximate surface area is 112 Å². The van der Waals surface area contributed by atoms with E-state index in [1.807, 2.05) is 0 Å². The summed E-state index contributed by atoms with van der Waals surface area (Å²) in [6.07, 6.45) is 0. The predicted molar refractivity (Wildman–Crippen MR) is 68.5 cm³/mol.